The van der Waals surface area contributed by atoms with E-state index in [1.165, 1.54) is 0 Å². The fourth-order valence-electron chi connectivity index (χ4n) is 1.27. The Morgan fingerprint density at radius 2 is 2.12 bits per heavy atom. The quantitative estimate of drug-likeness (QED) is 0.271. The van der Waals surface area contributed by atoms with Crippen LogP contribution in [0.4, 0.5) is 0 Å². The van der Waals surface area contributed by atoms with Crippen molar-refractivity contribution in [2.45, 2.75) is 0 Å². The van der Waals surface area contributed by atoms with Gasteiger partial charge in [-0.05, 0) is 4.90 Å². The lowest BCUT2D eigenvalue weighted by Crippen LogP contribution is -2.22. The van der Waals surface area contributed by atoms with Crippen LogP contribution >= 0.6 is 0 Å². The molecule has 1 heterocycles. The van der Waals surface area contributed by atoms with Crippen molar-refractivity contribution < 1.29 is 19.5 Å². The minimum absolute atomic E-state index is 0.0544. The summed E-state index contributed by atoms with van der Waals surface area (Å²) in [4.78, 5) is 12.0. The van der Waals surface area contributed by atoms with E-state index in [4.69, 9.17) is 5.21 Å². The molecule has 0 aliphatic heterocycles. The van der Waals surface area contributed by atoms with Crippen molar-refractivity contribution >= 4 is 11.5 Å². The lowest BCUT2D eigenvalue weighted by Gasteiger charge is -1.97. The number of hydrogen-bond acceptors (Lipinski definition) is 6. The van der Waals surface area contributed by atoms with Crippen LogP contribution in [-0.2, 0) is 0 Å². The maximum Gasteiger partial charge on any atom is 0.273 e. The normalized spacial score (nSPS) is 11.4. The van der Waals surface area contributed by atoms with E-state index in [1.807, 2.05) is 0 Å². The number of carbonyl (C=O) groups excluding carboxylic acids is 1. The minimum atomic E-state index is -0.554. The lowest BCUT2D eigenvalue weighted by atomic mass is 10.1. The van der Waals surface area contributed by atoms with Gasteiger partial charge in [0, 0.05) is 10.7 Å². The third-order valence-electron chi connectivity index (χ3n) is 2.04. The van der Waals surface area contributed by atoms with Gasteiger partial charge in [0.2, 0.25) is 11.5 Å². The zero-order valence-corrected chi connectivity index (χ0v) is 8.48. The molecule has 0 amide bonds. The van der Waals surface area contributed by atoms with Gasteiger partial charge in [-0.3, -0.25) is 9.42 Å². The summed E-state index contributed by atoms with van der Waals surface area (Å²) in [5.41, 5.74) is -0.161. The summed E-state index contributed by atoms with van der Waals surface area (Å²) in [5, 5.41) is 25.6. The van der Waals surface area contributed by atoms with Crippen LogP contribution in [0, 0.1) is 5.21 Å². The van der Waals surface area contributed by atoms with E-state index in [9.17, 15) is 10.0 Å². The van der Waals surface area contributed by atoms with Crippen molar-refractivity contribution in [3.63, 3.8) is 0 Å². The molecule has 2 rings (SSSR count). The first kappa shape index (κ1) is 10.8. The second-order valence-corrected chi connectivity index (χ2v) is 3.12. The first-order chi connectivity index (χ1) is 8.22. The second kappa shape index (κ2) is 4.44. The Labute approximate surface area is 95.1 Å². The average molecular weight is 233 g/mol. The molecule has 86 valence electrons. The number of nitrogens with zero attached hydrogens (tertiary/aromatic N) is 3. The summed E-state index contributed by atoms with van der Waals surface area (Å²) in [6.07, 6.45) is 0.899. The minimum Gasteiger partial charge on any atom is -0.410 e. The largest absolute Gasteiger partial charge is 0.410 e. The summed E-state index contributed by atoms with van der Waals surface area (Å²) in [5.74, 6) is -0.554. The molecule has 0 unspecified atom stereocenters. The number of carbonyl (C=O) groups is 1. The van der Waals surface area contributed by atoms with Crippen molar-refractivity contribution in [2.24, 2.45) is 5.16 Å². The molecule has 2 aromatic rings. The third-order valence-corrected chi connectivity index (χ3v) is 2.04. The van der Waals surface area contributed by atoms with Crippen molar-refractivity contribution in [3.05, 3.63) is 53.0 Å². The first-order valence-electron chi connectivity index (χ1n) is 4.61. The molecule has 1 N–H and O–H groups in total. The lowest BCUT2D eigenvalue weighted by molar-refractivity contribution is -0.802. The van der Waals surface area contributed by atoms with Crippen LogP contribution in [0.5, 0.6) is 0 Å². The van der Waals surface area contributed by atoms with Crippen molar-refractivity contribution in [2.75, 3.05) is 0 Å². The molecular weight excluding hydrogens is 226 g/mol. The Bertz CT molecular complexity index is 562. The van der Waals surface area contributed by atoms with Crippen LogP contribution < -0.4 is 4.90 Å². The molecule has 7 nitrogen and oxygen atoms in total. The van der Waals surface area contributed by atoms with Crippen molar-refractivity contribution in [1.82, 2.24) is 5.16 Å². The number of hydrogen-bond donors (Lipinski definition) is 1. The number of benzene rings is 1. The summed E-state index contributed by atoms with van der Waals surface area (Å²) >= 11 is 0. The van der Waals surface area contributed by atoms with E-state index in [-0.39, 0.29) is 16.3 Å². The molecule has 17 heavy (non-hydrogen) atoms. The van der Waals surface area contributed by atoms with Crippen LogP contribution in [0.3, 0.4) is 0 Å². The van der Waals surface area contributed by atoms with Gasteiger partial charge in [-0.15, -0.1) is 0 Å². The highest BCUT2D eigenvalue weighted by atomic mass is 16.8. The Hall–Kier alpha value is -2.70. The predicted octanol–water partition coefficient (Wildman–Crippen LogP) is 0.369. The average Bonchev–Trinajstić information content (AvgIpc) is 2.78. The van der Waals surface area contributed by atoms with E-state index in [2.05, 4.69) is 14.9 Å². The molecular formula is C10H7N3O4. The van der Waals surface area contributed by atoms with Crippen LogP contribution in [0.15, 0.2) is 46.3 Å². The summed E-state index contributed by atoms with van der Waals surface area (Å²) in [6, 6.07) is 8.18. The van der Waals surface area contributed by atoms with E-state index in [0.29, 0.717) is 5.56 Å². The molecule has 0 radical (unpaired) electrons. The zero-order chi connectivity index (χ0) is 12.3. The molecule has 0 spiro atoms. The van der Waals surface area contributed by atoms with Gasteiger partial charge in [0.25, 0.3) is 5.69 Å². The van der Waals surface area contributed by atoms with Gasteiger partial charge in [0.05, 0.1) is 0 Å². The fraction of sp³-hybridized carbons (Fsp3) is 0. The van der Waals surface area contributed by atoms with Crippen LogP contribution in [0.2, 0.25) is 0 Å². The molecule has 0 saturated heterocycles. The highest BCUT2D eigenvalue weighted by Gasteiger charge is 2.24. The van der Waals surface area contributed by atoms with Crippen LogP contribution in [0.25, 0.3) is 0 Å². The third kappa shape index (κ3) is 2.12. The molecule has 0 saturated carbocycles. The first-order valence-corrected chi connectivity index (χ1v) is 4.61. The molecule has 1 aromatic carbocycles. The van der Waals surface area contributed by atoms with E-state index < -0.39 is 5.78 Å². The van der Waals surface area contributed by atoms with Gasteiger partial charge >= 0.3 is 0 Å². The molecule has 1 aromatic heterocycles. The molecule has 0 fully saturated rings. The van der Waals surface area contributed by atoms with Crippen LogP contribution in [0.1, 0.15) is 16.1 Å². The molecule has 0 bridgehead atoms. The smallest absolute Gasteiger partial charge is 0.273 e. The van der Waals surface area contributed by atoms with Gasteiger partial charge in [0.1, 0.15) is 0 Å². The van der Waals surface area contributed by atoms with Crippen molar-refractivity contribution in [1.29, 1.82) is 0 Å². The number of Topliss-reactive ketones (excluding diaryl/α,β-unsaturated/α-hetero) is 1. The molecule has 0 aliphatic rings. The van der Waals surface area contributed by atoms with Gasteiger partial charge in [-0.1, -0.05) is 35.5 Å². The maximum absolute atomic E-state index is 11.9. The summed E-state index contributed by atoms with van der Waals surface area (Å²) < 4.78 is 4.20. The number of ketones is 1. The number of oxime groups is 1. The van der Waals surface area contributed by atoms with E-state index in [1.54, 1.807) is 30.3 Å². The topological polar surface area (TPSA) is 103 Å². The predicted molar refractivity (Wildman–Crippen MR) is 54.6 cm³/mol. The van der Waals surface area contributed by atoms with Gasteiger partial charge in [-0.25, -0.2) is 0 Å². The van der Waals surface area contributed by atoms with Gasteiger partial charge < -0.3 is 10.4 Å². The molecule has 7 heteroatoms. The Kier molecular flexibility index (Phi) is 2.82. The van der Waals surface area contributed by atoms with Crippen molar-refractivity contribution in [3.8, 4) is 0 Å². The standard InChI is InChI=1S/C10H7N3O4/c14-10(7-4-2-1-3-5-7)9(11-15)8-6-13(16)17-12-8/h1-6,15H/b11-9+. The van der Waals surface area contributed by atoms with E-state index >= 15 is 0 Å². The van der Waals surface area contributed by atoms with E-state index in [0.717, 1.165) is 6.20 Å². The SMILES string of the molecule is O=C(/C(=N/O)c1c[n+]([O-])on1)c1ccccc1. The fourth-order valence-corrected chi connectivity index (χ4v) is 1.27. The Morgan fingerprint density at radius 1 is 1.41 bits per heavy atom. The molecule has 0 aliphatic carbocycles. The van der Waals surface area contributed by atoms with Gasteiger partial charge in [0.15, 0.2) is 6.20 Å². The highest BCUT2D eigenvalue weighted by molar-refractivity contribution is 6.50. The number of aromatic nitrogens is 2. The van der Waals surface area contributed by atoms with Crippen LogP contribution in [-0.4, -0.2) is 21.9 Å². The highest BCUT2D eigenvalue weighted by Crippen LogP contribution is 2.05. The van der Waals surface area contributed by atoms with Gasteiger partial charge in [-0.2, -0.15) is 0 Å². The summed E-state index contributed by atoms with van der Waals surface area (Å²) in [7, 11) is 0. The maximum atomic E-state index is 11.9. The second-order valence-electron chi connectivity index (χ2n) is 3.12. The Morgan fingerprint density at radius 3 is 2.65 bits per heavy atom. The number of rotatable bonds is 3. The summed E-state index contributed by atoms with van der Waals surface area (Å²) in [6.45, 7) is 0. The molecule has 0 atom stereocenters. The monoisotopic (exact) mass is 233 g/mol. The Balaban J connectivity index is 2.36. The zero-order valence-electron chi connectivity index (χ0n) is 8.48.